The van der Waals surface area contributed by atoms with Gasteiger partial charge < -0.3 is 10.1 Å². The van der Waals surface area contributed by atoms with Crippen molar-refractivity contribution in [3.05, 3.63) is 35.9 Å². The van der Waals surface area contributed by atoms with E-state index in [2.05, 4.69) is 34.5 Å². The first-order valence-electron chi connectivity index (χ1n) is 7.39. The van der Waals surface area contributed by atoms with E-state index in [0.29, 0.717) is 0 Å². The number of carbonyl (C=O) groups is 1. The molecule has 1 aromatic carbocycles. The molecule has 4 nitrogen and oxygen atoms in total. The van der Waals surface area contributed by atoms with Gasteiger partial charge in [0, 0.05) is 26.7 Å². The zero-order valence-corrected chi connectivity index (χ0v) is 11.9. The van der Waals surface area contributed by atoms with Crippen molar-refractivity contribution in [1.29, 1.82) is 0 Å². The first kappa shape index (κ1) is 13.6. The van der Waals surface area contributed by atoms with Crippen LogP contribution in [0.3, 0.4) is 0 Å². The molecule has 0 aromatic heterocycles. The molecule has 2 aliphatic heterocycles. The van der Waals surface area contributed by atoms with Crippen LogP contribution in [0.1, 0.15) is 12.0 Å². The zero-order chi connectivity index (χ0) is 13.9. The normalized spacial score (nSPS) is 29.4. The first-order valence-corrected chi connectivity index (χ1v) is 7.39. The summed E-state index contributed by atoms with van der Waals surface area (Å²) in [5, 5.41) is 2.75. The molecule has 2 aliphatic rings. The van der Waals surface area contributed by atoms with Gasteiger partial charge in [-0.05, 0) is 18.4 Å². The van der Waals surface area contributed by atoms with Crippen molar-refractivity contribution in [2.24, 2.45) is 5.92 Å². The Balaban J connectivity index is 1.55. The number of rotatable bonds is 4. The Labute approximate surface area is 120 Å². The Kier molecular flexibility index (Phi) is 4.03. The van der Waals surface area contributed by atoms with Crippen molar-refractivity contribution in [2.75, 3.05) is 26.7 Å². The summed E-state index contributed by atoms with van der Waals surface area (Å²) >= 11 is 0. The molecule has 2 bridgehead atoms. The summed E-state index contributed by atoms with van der Waals surface area (Å²) < 4.78 is 5.91. The van der Waals surface area contributed by atoms with E-state index in [0.717, 1.165) is 32.5 Å². The average molecular weight is 274 g/mol. The Hall–Kier alpha value is -1.39. The highest BCUT2D eigenvalue weighted by molar-refractivity contribution is 5.79. The van der Waals surface area contributed by atoms with Gasteiger partial charge in [-0.15, -0.1) is 0 Å². The molecule has 2 heterocycles. The van der Waals surface area contributed by atoms with Gasteiger partial charge in [-0.1, -0.05) is 30.3 Å². The van der Waals surface area contributed by atoms with Gasteiger partial charge in [0.1, 0.15) is 0 Å². The van der Waals surface area contributed by atoms with Gasteiger partial charge in [0.2, 0.25) is 5.91 Å². The zero-order valence-electron chi connectivity index (χ0n) is 11.9. The molecule has 108 valence electrons. The van der Waals surface area contributed by atoms with Crippen molar-refractivity contribution in [3.8, 4) is 0 Å². The lowest BCUT2D eigenvalue weighted by Crippen LogP contribution is -2.45. The summed E-state index contributed by atoms with van der Waals surface area (Å²) in [6, 6.07) is 10.6. The summed E-state index contributed by atoms with van der Waals surface area (Å²) in [7, 11) is 1.71. The molecule has 1 N–H and O–H groups in total. The van der Waals surface area contributed by atoms with E-state index in [1.807, 2.05) is 6.07 Å². The van der Waals surface area contributed by atoms with E-state index in [-0.39, 0.29) is 24.0 Å². The van der Waals surface area contributed by atoms with Gasteiger partial charge in [-0.3, -0.25) is 9.69 Å². The molecule has 3 unspecified atom stereocenters. The number of benzene rings is 1. The standard InChI is InChI=1S/C16H22N2O2/c1-17-16(19)14-9-13-10-18(11-15(14)20-13)8-7-12-5-3-2-4-6-12/h2-6,13-15H,7-11H2,1H3,(H,17,19). The maximum Gasteiger partial charge on any atom is 0.225 e. The molecular formula is C16H22N2O2. The summed E-state index contributed by atoms with van der Waals surface area (Å²) in [6.07, 6.45) is 2.23. The second kappa shape index (κ2) is 5.94. The van der Waals surface area contributed by atoms with Crippen molar-refractivity contribution in [3.63, 3.8) is 0 Å². The maximum absolute atomic E-state index is 11.8. The Bertz CT molecular complexity index is 463. The van der Waals surface area contributed by atoms with Gasteiger partial charge in [-0.25, -0.2) is 0 Å². The van der Waals surface area contributed by atoms with Crippen molar-refractivity contribution < 1.29 is 9.53 Å². The Morgan fingerprint density at radius 1 is 1.35 bits per heavy atom. The molecule has 4 heteroatoms. The van der Waals surface area contributed by atoms with Gasteiger partial charge in [0.05, 0.1) is 18.1 Å². The molecule has 3 rings (SSSR count). The predicted octanol–water partition coefficient (Wildman–Crippen LogP) is 1.06. The molecule has 3 atom stereocenters. The SMILES string of the molecule is CNC(=O)C1CC2CN(CCc3ccccc3)CC1O2. The average Bonchev–Trinajstić information content (AvgIpc) is 2.80. The maximum atomic E-state index is 11.8. The largest absolute Gasteiger partial charge is 0.371 e. The van der Waals surface area contributed by atoms with Crippen LogP contribution in [-0.2, 0) is 16.0 Å². The van der Waals surface area contributed by atoms with Crippen molar-refractivity contribution >= 4 is 5.91 Å². The molecule has 1 amide bonds. The molecule has 0 spiro atoms. The molecular weight excluding hydrogens is 252 g/mol. The van der Waals surface area contributed by atoms with E-state index >= 15 is 0 Å². The van der Waals surface area contributed by atoms with E-state index in [1.54, 1.807) is 7.05 Å². The van der Waals surface area contributed by atoms with Crippen LogP contribution in [0.15, 0.2) is 30.3 Å². The third kappa shape index (κ3) is 2.86. The van der Waals surface area contributed by atoms with Crippen LogP contribution < -0.4 is 5.32 Å². The minimum atomic E-state index is 0.0340. The molecule has 0 radical (unpaired) electrons. The van der Waals surface area contributed by atoms with Gasteiger partial charge in [-0.2, -0.15) is 0 Å². The van der Waals surface area contributed by atoms with E-state index in [9.17, 15) is 4.79 Å². The van der Waals surface area contributed by atoms with Gasteiger partial charge >= 0.3 is 0 Å². The third-order valence-electron chi connectivity index (χ3n) is 4.38. The molecule has 2 fully saturated rings. The number of morpholine rings is 1. The lowest BCUT2D eigenvalue weighted by Gasteiger charge is -2.32. The lowest BCUT2D eigenvalue weighted by molar-refractivity contribution is -0.127. The topological polar surface area (TPSA) is 41.6 Å². The number of amides is 1. The lowest BCUT2D eigenvalue weighted by atomic mass is 10.00. The van der Waals surface area contributed by atoms with Gasteiger partial charge in [0.25, 0.3) is 0 Å². The van der Waals surface area contributed by atoms with Crippen LogP contribution in [0.5, 0.6) is 0 Å². The number of hydrogen-bond acceptors (Lipinski definition) is 3. The molecule has 0 saturated carbocycles. The first-order chi connectivity index (χ1) is 9.76. The number of nitrogens with one attached hydrogen (secondary N) is 1. The summed E-state index contributed by atoms with van der Waals surface area (Å²) in [4.78, 5) is 14.3. The fraction of sp³-hybridized carbons (Fsp3) is 0.562. The van der Waals surface area contributed by atoms with Crippen molar-refractivity contribution in [2.45, 2.75) is 25.0 Å². The number of carbonyl (C=O) groups excluding carboxylic acids is 1. The predicted molar refractivity (Wildman–Crippen MR) is 77.4 cm³/mol. The summed E-state index contributed by atoms with van der Waals surface area (Å²) in [6.45, 7) is 2.87. The van der Waals surface area contributed by atoms with Crippen LogP contribution in [-0.4, -0.2) is 49.7 Å². The van der Waals surface area contributed by atoms with Gasteiger partial charge in [0.15, 0.2) is 0 Å². The Morgan fingerprint density at radius 2 is 2.15 bits per heavy atom. The summed E-state index contributed by atoms with van der Waals surface area (Å²) in [5.74, 6) is 0.161. The second-order valence-electron chi connectivity index (χ2n) is 5.75. The molecule has 1 aromatic rings. The van der Waals surface area contributed by atoms with E-state index < -0.39 is 0 Å². The minimum Gasteiger partial charge on any atom is -0.371 e. The van der Waals surface area contributed by atoms with Crippen LogP contribution >= 0.6 is 0 Å². The number of hydrogen-bond donors (Lipinski definition) is 1. The number of fused-ring (bicyclic) bond motifs is 2. The van der Waals surface area contributed by atoms with Crippen LogP contribution in [0, 0.1) is 5.92 Å². The third-order valence-corrected chi connectivity index (χ3v) is 4.38. The van der Waals surface area contributed by atoms with E-state index in [1.165, 1.54) is 5.56 Å². The van der Waals surface area contributed by atoms with Crippen LogP contribution in [0.4, 0.5) is 0 Å². The molecule has 2 saturated heterocycles. The highest BCUT2D eigenvalue weighted by Crippen LogP contribution is 2.32. The minimum absolute atomic E-state index is 0.0340. The quantitative estimate of drug-likeness (QED) is 0.893. The number of likely N-dealkylation sites (tertiary alicyclic amines) is 1. The molecule has 0 aliphatic carbocycles. The second-order valence-corrected chi connectivity index (χ2v) is 5.75. The van der Waals surface area contributed by atoms with Crippen LogP contribution in [0.25, 0.3) is 0 Å². The fourth-order valence-corrected chi connectivity index (χ4v) is 3.31. The smallest absolute Gasteiger partial charge is 0.225 e. The Morgan fingerprint density at radius 3 is 2.90 bits per heavy atom. The monoisotopic (exact) mass is 274 g/mol. The van der Waals surface area contributed by atoms with Crippen molar-refractivity contribution in [1.82, 2.24) is 10.2 Å². The van der Waals surface area contributed by atoms with E-state index in [4.69, 9.17) is 4.74 Å². The van der Waals surface area contributed by atoms with Crippen LogP contribution in [0.2, 0.25) is 0 Å². The number of nitrogens with zero attached hydrogens (tertiary/aromatic N) is 1. The highest BCUT2D eigenvalue weighted by atomic mass is 16.5. The summed E-state index contributed by atoms with van der Waals surface area (Å²) in [5.41, 5.74) is 1.37. The molecule has 20 heavy (non-hydrogen) atoms. The fourth-order valence-electron chi connectivity index (χ4n) is 3.31. The number of ether oxygens (including phenoxy) is 1. The highest BCUT2D eigenvalue weighted by Gasteiger charge is 2.44.